The molecule has 0 aromatic carbocycles. The van der Waals surface area contributed by atoms with Gasteiger partial charge in [0.15, 0.2) is 5.65 Å². The normalized spacial score (nSPS) is 10.9. The zero-order chi connectivity index (χ0) is 12.4. The second-order valence-electron chi connectivity index (χ2n) is 4.14. The Balaban J connectivity index is 1.62. The van der Waals surface area contributed by atoms with E-state index in [-0.39, 0.29) is 0 Å². The van der Waals surface area contributed by atoms with E-state index in [0.717, 1.165) is 18.6 Å². The molecule has 0 saturated carbocycles. The van der Waals surface area contributed by atoms with Gasteiger partial charge in [-0.15, -0.1) is 5.10 Å². The Morgan fingerprint density at radius 3 is 3.06 bits per heavy atom. The molecule has 3 heterocycles. The molecule has 0 fully saturated rings. The quantitative estimate of drug-likeness (QED) is 0.744. The predicted octanol–water partition coefficient (Wildman–Crippen LogP) is 1.12. The van der Waals surface area contributed by atoms with Crippen LogP contribution in [-0.2, 0) is 13.5 Å². The van der Waals surface area contributed by atoms with Crippen molar-refractivity contribution in [2.75, 3.05) is 11.9 Å². The Morgan fingerprint density at radius 2 is 2.28 bits per heavy atom. The third kappa shape index (κ3) is 2.17. The maximum Gasteiger partial charge on any atom is 0.243 e. The largest absolute Gasteiger partial charge is 0.353 e. The molecule has 92 valence electrons. The van der Waals surface area contributed by atoms with Gasteiger partial charge in [0.2, 0.25) is 5.95 Å². The molecule has 0 amide bonds. The predicted molar refractivity (Wildman–Crippen MR) is 68.4 cm³/mol. The summed E-state index contributed by atoms with van der Waals surface area (Å²) < 4.78 is 3.56. The molecule has 6 nitrogen and oxygen atoms in total. The topological polar surface area (TPSA) is 60.0 Å². The molecule has 0 radical (unpaired) electrons. The minimum atomic E-state index is 0.657. The summed E-state index contributed by atoms with van der Waals surface area (Å²) >= 11 is 0. The molecular weight excluding hydrogens is 228 g/mol. The number of hydrogen-bond acceptors (Lipinski definition) is 4. The zero-order valence-electron chi connectivity index (χ0n) is 10.1. The Bertz CT molecular complexity index is 620. The molecule has 0 aliphatic rings. The third-order valence-electron chi connectivity index (χ3n) is 2.70. The molecule has 0 atom stereocenters. The zero-order valence-corrected chi connectivity index (χ0v) is 10.1. The number of hydrogen-bond donors (Lipinski definition) is 1. The Hall–Kier alpha value is -2.37. The lowest BCUT2D eigenvalue weighted by Crippen LogP contribution is -2.05. The van der Waals surface area contributed by atoms with Gasteiger partial charge in [-0.25, -0.2) is 4.52 Å². The van der Waals surface area contributed by atoms with Gasteiger partial charge < -0.3 is 5.32 Å². The molecule has 18 heavy (non-hydrogen) atoms. The summed E-state index contributed by atoms with van der Waals surface area (Å²) in [5, 5.41) is 11.7. The Morgan fingerprint density at radius 1 is 1.33 bits per heavy atom. The van der Waals surface area contributed by atoms with Crippen LogP contribution < -0.4 is 5.32 Å². The van der Waals surface area contributed by atoms with Gasteiger partial charge in [-0.1, -0.05) is 6.07 Å². The van der Waals surface area contributed by atoms with Crippen molar-refractivity contribution in [2.45, 2.75) is 6.42 Å². The standard InChI is InChI=1S/C12H14N6/c1-17-9-10(8-14-17)5-6-13-12-15-11-4-2-3-7-18(11)16-12/h2-4,7-9H,5-6H2,1H3,(H,13,16). The van der Waals surface area contributed by atoms with Crippen LogP contribution in [0.4, 0.5) is 5.95 Å². The highest BCUT2D eigenvalue weighted by atomic mass is 15.3. The number of rotatable bonds is 4. The average molecular weight is 242 g/mol. The third-order valence-corrected chi connectivity index (χ3v) is 2.70. The number of aryl methyl sites for hydroxylation is 1. The van der Waals surface area contributed by atoms with Gasteiger partial charge in [-0.05, 0) is 24.1 Å². The van der Waals surface area contributed by atoms with E-state index in [4.69, 9.17) is 0 Å². The maximum absolute atomic E-state index is 4.37. The summed E-state index contributed by atoms with van der Waals surface area (Å²) in [6.07, 6.45) is 6.68. The number of fused-ring (bicyclic) bond motifs is 1. The van der Waals surface area contributed by atoms with Gasteiger partial charge in [0.05, 0.1) is 6.20 Å². The van der Waals surface area contributed by atoms with E-state index in [1.807, 2.05) is 43.8 Å². The van der Waals surface area contributed by atoms with Crippen LogP contribution in [-0.4, -0.2) is 30.9 Å². The molecule has 0 spiro atoms. The Labute approximate surface area is 104 Å². The molecule has 3 aromatic rings. The number of anilines is 1. The lowest BCUT2D eigenvalue weighted by atomic mass is 10.2. The molecule has 3 aromatic heterocycles. The molecule has 1 N–H and O–H groups in total. The van der Waals surface area contributed by atoms with Gasteiger partial charge in [-0.2, -0.15) is 10.1 Å². The van der Waals surface area contributed by atoms with Crippen LogP contribution in [0.2, 0.25) is 0 Å². The lowest BCUT2D eigenvalue weighted by molar-refractivity contribution is 0.766. The first kappa shape index (κ1) is 10.8. The van der Waals surface area contributed by atoms with Crippen molar-refractivity contribution in [3.8, 4) is 0 Å². The highest BCUT2D eigenvalue weighted by Gasteiger charge is 2.02. The first-order valence-electron chi connectivity index (χ1n) is 5.84. The van der Waals surface area contributed by atoms with E-state index in [9.17, 15) is 0 Å². The second kappa shape index (κ2) is 4.48. The van der Waals surface area contributed by atoms with Crippen LogP contribution in [0.1, 0.15) is 5.56 Å². The van der Waals surface area contributed by atoms with Gasteiger partial charge >= 0.3 is 0 Å². The second-order valence-corrected chi connectivity index (χ2v) is 4.14. The first-order valence-corrected chi connectivity index (χ1v) is 5.84. The van der Waals surface area contributed by atoms with Crippen LogP contribution in [0.15, 0.2) is 36.8 Å². The summed E-state index contributed by atoms with van der Waals surface area (Å²) in [6, 6.07) is 5.81. The smallest absolute Gasteiger partial charge is 0.243 e. The van der Waals surface area contributed by atoms with Gasteiger partial charge in [0.1, 0.15) is 0 Å². The van der Waals surface area contributed by atoms with Crippen LogP contribution in [0.5, 0.6) is 0 Å². The van der Waals surface area contributed by atoms with Crippen molar-refractivity contribution in [1.82, 2.24) is 24.4 Å². The first-order chi connectivity index (χ1) is 8.81. The fourth-order valence-corrected chi connectivity index (χ4v) is 1.83. The van der Waals surface area contributed by atoms with Crippen LogP contribution >= 0.6 is 0 Å². The van der Waals surface area contributed by atoms with Crippen molar-refractivity contribution in [3.05, 3.63) is 42.4 Å². The SMILES string of the molecule is Cn1cc(CCNc2nc3ccccn3n2)cn1. The van der Waals surface area contributed by atoms with Crippen LogP contribution in [0, 0.1) is 0 Å². The Kier molecular flexibility index (Phi) is 2.68. The summed E-state index contributed by atoms with van der Waals surface area (Å²) in [4.78, 5) is 4.37. The fraction of sp³-hybridized carbons (Fsp3) is 0.250. The summed E-state index contributed by atoms with van der Waals surface area (Å²) in [5.74, 6) is 0.657. The van der Waals surface area contributed by atoms with E-state index in [1.165, 1.54) is 5.56 Å². The van der Waals surface area contributed by atoms with Crippen molar-refractivity contribution in [2.24, 2.45) is 7.05 Å². The van der Waals surface area contributed by atoms with E-state index in [2.05, 4.69) is 20.5 Å². The number of pyridine rings is 1. The summed E-state index contributed by atoms with van der Waals surface area (Å²) in [7, 11) is 1.92. The van der Waals surface area contributed by atoms with Gasteiger partial charge in [0.25, 0.3) is 0 Å². The minimum absolute atomic E-state index is 0.657. The molecular formula is C12H14N6. The molecule has 6 heteroatoms. The van der Waals surface area contributed by atoms with Crippen molar-refractivity contribution in [3.63, 3.8) is 0 Å². The molecule has 0 aliphatic carbocycles. The molecule has 0 saturated heterocycles. The number of aromatic nitrogens is 5. The van der Waals surface area contributed by atoms with Gasteiger partial charge in [-0.3, -0.25) is 4.68 Å². The van der Waals surface area contributed by atoms with Crippen molar-refractivity contribution >= 4 is 11.6 Å². The number of nitrogens with one attached hydrogen (secondary N) is 1. The van der Waals surface area contributed by atoms with E-state index >= 15 is 0 Å². The van der Waals surface area contributed by atoms with E-state index < -0.39 is 0 Å². The molecule has 0 bridgehead atoms. The lowest BCUT2D eigenvalue weighted by Gasteiger charge is -1.98. The molecule has 0 aliphatic heterocycles. The van der Waals surface area contributed by atoms with E-state index in [1.54, 1.807) is 9.20 Å². The van der Waals surface area contributed by atoms with Crippen LogP contribution in [0.25, 0.3) is 5.65 Å². The van der Waals surface area contributed by atoms with Gasteiger partial charge in [0, 0.05) is 26.0 Å². The molecule has 3 rings (SSSR count). The highest BCUT2D eigenvalue weighted by Crippen LogP contribution is 2.05. The average Bonchev–Trinajstić information content (AvgIpc) is 2.95. The highest BCUT2D eigenvalue weighted by molar-refractivity contribution is 5.42. The number of nitrogens with zero attached hydrogens (tertiary/aromatic N) is 5. The van der Waals surface area contributed by atoms with Crippen molar-refractivity contribution < 1.29 is 0 Å². The van der Waals surface area contributed by atoms with Crippen LogP contribution in [0.3, 0.4) is 0 Å². The molecule has 0 unspecified atom stereocenters. The van der Waals surface area contributed by atoms with E-state index in [0.29, 0.717) is 5.95 Å². The minimum Gasteiger partial charge on any atom is -0.353 e. The van der Waals surface area contributed by atoms with Crippen molar-refractivity contribution in [1.29, 1.82) is 0 Å². The summed E-state index contributed by atoms with van der Waals surface area (Å²) in [5.41, 5.74) is 2.05. The monoisotopic (exact) mass is 242 g/mol. The summed E-state index contributed by atoms with van der Waals surface area (Å²) in [6.45, 7) is 0.794. The maximum atomic E-state index is 4.37. The fourth-order valence-electron chi connectivity index (χ4n) is 1.83.